The Bertz CT molecular complexity index is 2680. The summed E-state index contributed by atoms with van der Waals surface area (Å²) >= 11 is 0. The van der Waals surface area contributed by atoms with Crippen molar-refractivity contribution in [1.82, 2.24) is 39.0 Å². The molecule has 3 radical (unpaired) electrons. The topological polar surface area (TPSA) is 213 Å². The van der Waals surface area contributed by atoms with Gasteiger partial charge in [0.1, 0.15) is 0 Å². The van der Waals surface area contributed by atoms with E-state index in [9.17, 15) is 19.5 Å². The molecule has 4 fully saturated rings. The van der Waals surface area contributed by atoms with Crippen molar-refractivity contribution < 1.29 is 60.2 Å². The Kier molecular flexibility index (Phi) is 17.3. The van der Waals surface area contributed by atoms with Crippen LogP contribution < -0.4 is 50.5 Å². The van der Waals surface area contributed by atoms with Crippen LogP contribution in [-0.4, -0.2) is 137 Å². The minimum Gasteiger partial charge on any atom is -1.00 e. The van der Waals surface area contributed by atoms with Crippen LogP contribution in [0.5, 0.6) is 0 Å². The molecule has 20 heteroatoms. The molecule has 0 unspecified atom stereocenters. The van der Waals surface area contributed by atoms with Gasteiger partial charge in [-0.15, -0.1) is 0 Å². The summed E-state index contributed by atoms with van der Waals surface area (Å²) in [6.45, 7) is 8.26. The van der Waals surface area contributed by atoms with E-state index in [0.717, 1.165) is 82.2 Å². The van der Waals surface area contributed by atoms with Gasteiger partial charge in [-0.2, -0.15) is 0 Å². The van der Waals surface area contributed by atoms with Crippen molar-refractivity contribution in [2.45, 2.75) is 32.6 Å². The molecule has 18 nitrogen and oxygen atoms in total. The van der Waals surface area contributed by atoms with E-state index in [1.165, 1.54) is 0 Å². The second-order valence-electron chi connectivity index (χ2n) is 16.5. The van der Waals surface area contributed by atoms with Crippen LogP contribution in [0.25, 0.3) is 34.2 Å². The number of carbonyl (C=O) groups excluding carboxylic acids is 1. The van der Waals surface area contributed by atoms with Crippen LogP contribution in [0.3, 0.4) is 0 Å². The number of carbonyl (C=O) groups is 1. The van der Waals surface area contributed by atoms with E-state index < -0.39 is 0 Å². The first kappa shape index (κ1) is 50.7. The van der Waals surface area contributed by atoms with Crippen LogP contribution in [0.4, 0.5) is 11.6 Å². The summed E-state index contributed by atoms with van der Waals surface area (Å²) in [4.78, 5) is 68.9. The number of esters is 1. The number of aliphatic hydroxyl groups is 2. The van der Waals surface area contributed by atoms with Crippen molar-refractivity contribution in [2.75, 3.05) is 82.7 Å². The molecule has 67 heavy (non-hydrogen) atoms. The average molecular weight is 920 g/mol. The van der Waals surface area contributed by atoms with Gasteiger partial charge in [-0.1, -0.05) is 0 Å². The van der Waals surface area contributed by atoms with E-state index >= 15 is 0 Å². The van der Waals surface area contributed by atoms with Crippen LogP contribution in [0.2, 0.25) is 0 Å². The van der Waals surface area contributed by atoms with Gasteiger partial charge in [0.2, 0.25) is 0 Å². The zero-order valence-corrected chi connectivity index (χ0v) is 40.0. The molecular weight excluding hydrogens is 866 g/mol. The molecule has 0 atom stereocenters. The average Bonchev–Trinajstić information content (AvgIpc) is 3.29. The minimum atomic E-state index is -0.277. The molecule has 2 aromatic carbocycles. The van der Waals surface area contributed by atoms with E-state index in [0.29, 0.717) is 60.5 Å². The van der Waals surface area contributed by atoms with E-state index in [-0.39, 0.29) is 80.3 Å². The number of rotatable bonds is 13. The third-order valence-electron chi connectivity index (χ3n) is 11.6. The molecule has 0 aliphatic carbocycles. The molecule has 0 saturated carbocycles. The fraction of sp³-hybridized carbons (Fsp3) is 0.383. The van der Waals surface area contributed by atoms with Gasteiger partial charge in [-0.25, -0.2) is 29.9 Å². The molecule has 0 bridgehead atoms. The number of aromatic nitrogens is 8. The predicted octanol–water partition coefficient (Wildman–Crippen LogP) is -0.183. The molecule has 2 N–H and O–H groups in total. The Hall–Kier alpha value is -5.67. The van der Waals surface area contributed by atoms with Crippen molar-refractivity contribution in [2.24, 2.45) is 10.8 Å². The Labute approximate surface area is 413 Å². The minimum absolute atomic E-state index is 0. The number of benzene rings is 2. The normalized spacial score (nSPS) is 15.6. The second-order valence-corrected chi connectivity index (χ2v) is 16.5. The Balaban J connectivity index is 0.000000236. The number of aryl methyl sites for hydroxylation is 2. The van der Waals surface area contributed by atoms with Gasteiger partial charge in [0, 0.05) is 114 Å². The molecular formula is C47H53BN10NaO8. The molecule has 8 heterocycles. The van der Waals surface area contributed by atoms with Gasteiger partial charge in [0.25, 0.3) is 11.1 Å². The van der Waals surface area contributed by atoms with Gasteiger partial charge in [-0.3, -0.25) is 23.5 Å². The molecule has 10 rings (SSSR count). The summed E-state index contributed by atoms with van der Waals surface area (Å²) in [7, 11) is 1.00. The predicted molar refractivity (Wildman–Crippen MR) is 248 cm³/mol. The Morgan fingerprint density at radius 1 is 0.687 bits per heavy atom. The molecule has 4 aromatic heterocycles. The summed E-state index contributed by atoms with van der Waals surface area (Å²) in [5.74, 6) is 1.86. The molecule has 4 saturated heterocycles. The van der Waals surface area contributed by atoms with Crippen molar-refractivity contribution in [3.8, 4) is 34.2 Å². The summed E-state index contributed by atoms with van der Waals surface area (Å²) in [5, 5.41) is 16.2. The molecule has 4 aliphatic heterocycles. The van der Waals surface area contributed by atoms with E-state index in [1.807, 2.05) is 58.3 Å². The maximum absolute atomic E-state index is 13.4. The van der Waals surface area contributed by atoms with Crippen LogP contribution in [0.15, 0.2) is 107 Å². The standard InChI is InChI=1S/C24H25N5O4.C22H23N5O3.CH4O.B.Na.H/c1-2-33-20(30)9-6-18-12-29(19-7-4-17(5-8-19)21-25-10-3-11-26-21)23(31)22(27-18)28-13-24(14-28)15-32-16-24;28-10-1-3-17-11-27(18-6-4-16(5-7-18)19-23-8-2-9-24-19)21(29)20(25-17)26-12-22(13-26)14-30-15-22;1-2;;;/h3-5,7-8,10-12H,2,6,9,13-16H2,1H3;2,4-9,11,28H,1,3,10,12-15H2;2H,1H3;;;/q;;;;+1;-1. The summed E-state index contributed by atoms with van der Waals surface area (Å²) < 4.78 is 19.0. The molecule has 2 spiro atoms. The van der Waals surface area contributed by atoms with E-state index in [1.54, 1.807) is 65.4 Å². The molecule has 6 aromatic rings. The van der Waals surface area contributed by atoms with Gasteiger partial charge in [0.05, 0.1) is 61.7 Å². The van der Waals surface area contributed by atoms with Crippen LogP contribution in [0.1, 0.15) is 32.6 Å². The SMILES string of the molecule is CCOC(=O)CCc1cn(-c2ccc(-c3ncccn3)cc2)c(=O)c(N2CC3(COC3)C2)n1.CO.O=c1c(N2CC3(COC3)C2)nc(CCCO)cn1-c1ccc(-c2ncccn2)cc1.[B].[H-].[Na+]. The van der Waals surface area contributed by atoms with Gasteiger partial charge in [-0.05, 0) is 80.4 Å². The number of anilines is 2. The van der Waals surface area contributed by atoms with E-state index in [2.05, 4.69) is 29.9 Å². The van der Waals surface area contributed by atoms with Crippen LogP contribution >= 0.6 is 0 Å². The maximum Gasteiger partial charge on any atom is 1.00 e. The van der Waals surface area contributed by atoms with Crippen LogP contribution in [0, 0.1) is 10.8 Å². The van der Waals surface area contributed by atoms with Crippen molar-refractivity contribution in [3.05, 3.63) is 130 Å². The zero-order chi connectivity index (χ0) is 45.4. The third-order valence-corrected chi connectivity index (χ3v) is 11.6. The van der Waals surface area contributed by atoms with Crippen molar-refractivity contribution in [3.63, 3.8) is 0 Å². The third kappa shape index (κ3) is 11.4. The number of nitrogens with zero attached hydrogens (tertiary/aromatic N) is 10. The first-order valence-corrected chi connectivity index (χ1v) is 21.6. The number of aliphatic hydroxyl groups excluding tert-OH is 2. The first-order chi connectivity index (χ1) is 31.7. The Morgan fingerprint density at radius 3 is 1.45 bits per heavy atom. The second kappa shape index (κ2) is 22.9. The monoisotopic (exact) mass is 919 g/mol. The fourth-order valence-corrected chi connectivity index (χ4v) is 8.23. The largest absolute Gasteiger partial charge is 1.00 e. The molecule has 4 aliphatic rings. The summed E-state index contributed by atoms with van der Waals surface area (Å²) in [5.41, 5.74) is 4.69. The van der Waals surface area contributed by atoms with Gasteiger partial charge < -0.3 is 35.7 Å². The zero-order valence-electron chi connectivity index (χ0n) is 39.0. The van der Waals surface area contributed by atoms with Gasteiger partial charge in [0.15, 0.2) is 23.3 Å². The number of ether oxygens (including phenoxy) is 3. The van der Waals surface area contributed by atoms with Crippen molar-refractivity contribution in [1.29, 1.82) is 0 Å². The van der Waals surface area contributed by atoms with E-state index in [4.69, 9.17) is 19.3 Å². The number of hydrogen-bond acceptors (Lipinski definition) is 16. The Morgan fingerprint density at radius 2 is 1.09 bits per heavy atom. The smallest absolute Gasteiger partial charge is 1.00 e. The first-order valence-electron chi connectivity index (χ1n) is 21.6. The summed E-state index contributed by atoms with van der Waals surface area (Å²) in [6, 6.07) is 18.7. The fourth-order valence-electron chi connectivity index (χ4n) is 8.23. The summed E-state index contributed by atoms with van der Waals surface area (Å²) in [6.07, 6.45) is 12.1. The maximum atomic E-state index is 13.4. The number of hydrogen-bond donors (Lipinski definition) is 2. The van der Waals surface area contributed by atoms with Crippen LogP contribution in [-0.2, 0) is 31.8 Å². The quantitative estimate of drug-likeness (QED) is 0.114. The molecule has 343 valence electrons. The van der Waals surface area contributed by atoms with Crippen molar-refractivity contribution >= 4 is 26.0 Å². The molecule has 0 amide bonds. The van der Waals surface area contributed by atoms with Gasteiger partial charge >= 0.3 is 35.5 Å².